The third kappa shape index (κ3) is 4.44. The van der Waals surface area contributed by atoms with Crippen LogP contribution in [0.25, 0.3) is 5.82 Å². The monoisotopic (exact) mass is 510 g/mol. The van der Waals surface area contributed by atoms with E-state index in [2.05, 4.69) is 25.2 Å². The molecule has 0 aliphatic carbocycles. The van der Waals surface area contributed by atoms with Crippen molar-refractivity contribution in [3.8, 4) is 11.9 Å². The number of hydrazone groups is 1. The third-order valence-corrected chi connectivity index (χ3v) is 6.19. The first-order chi connectivity index (χ1) is 17.8. The number of aryl methyl sites for hydroxylation is 2. The first kappa shape index (κ1) is 24.2. The maximum absolute atomic E-state index is 14.5. The van der Waals surface area contributed by atoms with Gasteiger partial charge in [-0.15, -0.1) is 5.10 Å². The minimum absolute atomic E-state index is 0.0234. The molecule has 2 aliphatic heterocycles. The number of urea groups is 1. The molecular weight excluding hydrogens is 489 g/mol. The van der Waals surface area contributed by atoms with Crippen LogP contribution in [0.2, 0.25) is 0 Å². The number of carbonyl (C=O) groups excluding carboxylic acids is 1. The molecule has 37 heavy (non-hydrogen) atoms. The average molecular weight is 510 g/mol. The summed E-state index contributed by atoms with van der Waals surface area (Å²) in [4.78, 5) is 29.2. The summed E-state index contributed by atoms with van der Waals surface area (Å²) in [6.45, 7) is 4.62. The molecule has 1 fully saturated rings. The highest BCUT2D eigenvalue weighted by atomic mass is 19.2. The topological polar surface area (TPSA) is 119 Å². The number of amides is 2. The number of aromatic nitrogens is 5. The van der Waals surface area contributed by atoms with Gasteiger partial charge in [-0.25, -0.2) is 32.9 Å². The summed E-state index contributed by atoms with van der Waals surface area (Å²) in [5.74, 6) is -1.70. The van der Waals surface area contributed by atoms with Crippen molar-refractivity contribution in [1.82, 2.24) is 34.6 Å². The van der Waals surface area contributed by atoms with Crippen LogP contribution in [0.4, 0.5) is 23.9 Å². The first-order valence-corrected chi connectivity index (χ1v) is 11.4. The molecule has 1 saturated heterocycles. The molecule has 5 rings (SSSR count). The van der Waals surface area contributed by atoms with Gasteiger partial charge in [0, 0.05) is 44.4 Å². The molecule has 3 aromatic rings. The largest absolute Gasteiger partial charge is 0.341 e. The van der Waals surface area contributed by atoms with Crippen LogP contribution in [0.5, 0.6) is 0 Å². The van der Waals surface area contributed by atoms with Gasteiger partial charge in [-0.05, 0) is 26.0 Å². The zero-order valence-electron chi connectivity index (χ0n) is 19.9. The lowest BCUT2D eigenvalue weighted by Gasteiger charge is -2.37. The molecule has 1 aromatic carbocycles. The average Bonchev–Trinajstić information content (AvgIpc) is 3.51. The molecule has 2 amide bonds. The molecule has 0 bridgehead atoms. The van der Waals surface area contributed by atoms with E-state index in [0.717, 1.165) is 17.3 Å². The first-order valence-electron chi connectivity index (χ1n) is 11.4. The minimum Gasteiger partial charge on any atom is -0.337 e. The van der Waals surface area contributed by atoms with Crippen molar-refractivity contribution >= 4 is 18.2 Å². The Morgan fingerprint density at radius 2 is 1.84 bits per heavy atom. The second-order valence-corrected chi connectivity index (χ2v) is 8.58. The van der Waals surface area contributed by atoms with Crippen molar-refractivity contribution in [3.05, 3.63) is 58.6 Å². The Balaban J connectivity index is 1.30. The quantitative estimate of drug-likeness (QED) is 0.531. The SMILES string of the molecule is Cc1nc(C)n(-c2nc(N3CCN(C(=O)N4N=CCC4c4cc(C#N)cc(F)c4F)CC3)ncc2F)n1. The van der Waals surface area contributed by atoms with Crippen LogP contribution < -0.4 is 4.90 Å². The zero-order chi connectivity index (χ0) is 26.3. The van der Waals surface area contributed by atoms with E-state index in [1.807, 2.05) is 4.90 Å². The van der Waals surface area contributed by atoms with Gasteiger partial charge in [0.1, 0.15) is 11.6 Å². The predicted octanol–water partition coefficient (Wildman–Crippen LogP) is 2.64. The maximum atomic E-state index is 14.5. The highest BCUT2D eigenvalue weighted by Gasteiger charge is 2.35. The highest BCUT2D eigenvalue weighted by Crippen LogP contribution is 2.33. The number of hydrogen-bond donors (Lipinski definition) is 0. The second kappa shape index (κ2) is 9.49. The molecule has 2 aromatic heterocycles. The summed E-state index contributed by atoms with van der Waals surface area (Å²) in [6.07, 6.45) is 2.71. The number of hydrogen-bond acceptors (Lipinski definition) is 8. The van der Waals surface area contributed by atoms with E-state index in [0.29, 0.717) is 24.7 Å². The number of halogens is 3. The molecule has 11 nitrogen and oxygen atoms in total. The van der Waals surface area contributed by atoms with E-state index in [1.54, 1.807) is 19.9 Å². The maximum Gasteiger partial charge on any atom is 0.341 e. The van der Waals surface area contributed by atoms with Crippen molar-refractivity contribution in [2.24, 2.45) is 5.10 Å². The molecular formula is C23H21F3N10O. The Kier molecular flexibility index (Phi) is 6.20. The lowest BCUT2D eigenvalue weighted by molar-refractivity contribution is 0.138. The third-order valence-electron chi connectivity index (χ3n) is 6.19. The van der Waals surface area contributed by atoms with Crippen molar-refractivity contribution in [2.75, 3.05) is 31.1 Å². The normalized spacial score (nSPS) is 17.4. The number of nitriles is 1. The fourth-order valence-corrected chi connectivity index (χ4v) is 4.39. The Morgan fingerprint density at radius 3 is 2.51 bits per heavy atom. The summed E-state index contributed by atoms with van der Waals surface area (Å²) < 4.78 is 44.3. The zero-order valence-corrected chi connectivity index (χ0v) is 19.9. The number of benzene rings is 1. The van der Waals surface area contributed by atoms with E-state index in [-0.39, 0.29) is 42.4 Å². The predicted molar refractivity (Wildman–Crippen MR) is 124 cm³/mol. The van der Waals surface area contributed by atoms with Gasteiger partial charge >= 0.3 is 6.03 Å². The number of rotatable bonds is 3. The molecule has 4 heterocycles. The molecule has 0 saturated carbocycles. The molecule has 1 unspecified atom stereocenters. The van der Waals surface area contributed by atoms with Gasteiger partial charge in [0.05, 0.1) is 23.9 Å². The van der Waals surface area contributed by atoms with E-state index in [1.165, 1.54) is 21.9 Å². The van der Waals surface area contributed by atoms with Crippen LogP contribution in [0.15, 0.2) is 23.4 Å². The number of carbonyl (C=O) groups is 1. The van der Waals surface area contributed by atoms with Crippen molar-refractivity contribution in [2.45, 2.75) is 26.3 Å². The Bertz CT molecular complexity index is 1440. The van der Waals surface area contributed by atoms with Gasteiger partial charge in [-0.1, -0.05) is 0 Å². The van der Waals surface area contributed by atoms with Gasteiger partial charge in [0.15, 0.2) is 23.3 Å². The summed E-state index contributed by atoms with van der Waals surface area (Å²) in [6, 6.07) is 2.50. The molecule has 190 valence electrons. The fourth-order valence-electron chi connectivity index (χ4n) is 4.39. The van der Waals surface area contributed by atoms with Crippen molar-refractivity contribution in [3.63, 3.8) is 0 Å². The Labute approximate surface area is 209 Å². The molecule has 0 spiro atoms. The van der Waals surface area contributed by atoms with E-state index in [4.69, 9.17) is 5.26 Å². The van der Waals surface area contributed by atoms with Crippen LogP contribution in [0.3, 0.4) is 0 Å². The Hall–Kier alpha value is -4.54. The van der Waals surface area contributed by atoms with Gasteiger partial charge in [0.25, 0.3) is 0 Å². The fraction of sp³-hybridized carbons (Fsp3) is 0.348. The van der Waals surface area contributed by atoms with E-state index in [9.17, 15) is 18.0 Å². The van der Waals surface area contributed by atoms with Gasteiger partial charge in [-0.2, -0.15) is 20.0 Å². The lowest BCUT2D eigenvalue weighted by Crippen LogP contribution is -2.52. The number of piperazine rings is 1. The van der Waals surface area contributed by atoms with Crippen molar-refractivity contribution < 1.29 is 18.0 Å². The van der Waals surface area contributed by atoms with Crippen LogP contribution >= 0.6 is 0 Å². The summed E-state index contributed by atoms with van der Waals surface area (Å²) in [5.41, 5.74) is -0.149. The molecule has 14 heteroatoms. The molecule has 2 aliphatic rings. The summed E-state index contributed by atoms with van der Waals surface area (Å²) in [5, 5.41) is 18.5. The van der Waals surface area contributed by atoms with E-state index >= 15 is 0 Å². The smallest absolute Gasteiger partial charge is 0.337 e. The summed E-state index contributed by atoms with van der Waals surface area (Å²) in [7, 11) is 0. The van der Waals surface area contributed by atoms with Crippen LogP contribution in [-0.2, 0) is 0 Å². The van der Waals surface area contributed by atoms with Gasteiger partial charge in [0.2, 0.25) is 5.95 Å². The minimum atomic E-state index is -1.16. The molecule has 0 N–H and O–H groups in total. The van der Waals surface area contributed by atoms with Gasteiger partial charge < -0.3 is 9.80 Å². The van der Waals surface area contributed by atoms with E-state index < -0.39 is 29.5 Å². The number of anilines is 1. The Morgan fingerprint density at radius 1 is 1.08 bits per heavy atom. The van der Waals surface area contributed by atoms with Crippen LogP contribution in [0.1, 0.15) is 35.2 Å². The lowest BCUT2D eigenvalue weighted by atomic mass is 10.0. The standard InChI is InChI=1S/C23H21F3N10O/c1-13-30-14(2)35(32-13)21-18(25)12-28-22(31-21)33-5-7-34(8-6-33)23(37)36-19(3-4-29-36)16-9-15(11-27)10-17(24)20(16)26/h4,9-10,12,19H,3,5-8H2,1-2H3. The molecule has 0 radical (unpaired) electrons. The second-order valence-electron chi connectivity index (χ2n) is 8.58. The van der Waals surface area contributed by atoms with Crippen molar-refractivity contribution in [1.29, 1.82) is 5.26 Å². The van der Waals surface area contributed by atoms with Gasteiger partial charge in [-0.3, -0.25) is 0 Å². The van der Waals surface area contributed by atoms with Crippen LogP contribution in [0, 0.1) is 42.6 Å². The molecule has 1 atom stereocenters. The summed E-state index contributed by atoms with van der Waals surface area (Å²) >= 11 is 0. The van der Waals surface area contributed by atoms with Crippen LogP contribution in [-0.4, -0.2) is 73.1 Å². The highest BCUT2D eigenvalue weighted by molar-refractivity contribution is 5.79. The number of nitrogens with zero attached hydrogens (tertiary/aromatic N) is 10.